The third-order valence-corrected chi connectivity index (χ3v) is 9.73. The minimum atomic E-state index is -1.10. The predicted molar refractivity (Wildman–Crippen MR) is 172 cm³/mol. The second-order valence-corrected chi connectivity index (χ2v) is 13.4. The fraction of sp³-hybridized carbons (Fsp3) is 0.394. The molecule has 0 atom stereocenters. The van der Waals surface area contributed by atoms with Crippen LogP contribution in [-0.4, -0.2) is 51.8 Å². The quantitative estimate of drug-likeness (QED) is 0.127. The van der Waals surface area contributed by atoms with Crippen LogP contribution in [0.1, 0.15) is 66.3 Å². The van der Waals surface area contributed by atoms with Gasteiger partial charge in [0.2, 0.25) is 0 Å². The third kappa shape index (κ3) is 5.64. The molecule has 4 aromatic rings. The molecular weight excluding hydrogens is 623 g/mol. The molecule has 2 aliphatic carbocycles. The number of pyridine rings is 2. The fourth-order valence-electron chi connectivity index (χ4n) is 6.54. The number of hydrogen-bond donors (Lipinski definition) is 1. The maximum absolute atomic E-state index is 11.8. The lowest BCUT2D eigenvalue weighted by Crippen LogP contribution is -2.62. The highest BCUT2D eigenvalue weighted by atomic mass is 35.5. The molecule has 1 aliphatic heterocycles. The number of carboxylic acids is 1. The number of unbranched alkanes of at least 4 members (excludes halogenated alkanes) is 1. The Kier molecular flexibility index (Phi) is 7.93. The Balaban J connectivity index is 1.02. The van der Waals surface area contributed by atoms with Crippen LogP contribution in [0, 0.1) is 11.3 Å². The van der Waals surface area contributed by atoms with Gasteiger partial charge in [-0.3, -0.25) is 4.98 Å². The highest BCUT2D eigenvalue weighted by molar-refractivity contribution is 6.39. The molecule has 1 aromatic carbocycles. The highest BCUT2D eigenvalue weighted by Crippen LogP contribution is 2.54. The number of anilines is 1. The van der Waals surface area contributed by atoms with Crippen molar-refractivity contribution in [3.05, 3.63) is 69.8 Å². The van der Waals surface area contributed by atoms with Crippen molar-refractivity contribution >= 4 is 63.4 Å². The van der Waals surface area contributed by atoms with Crippen LogP contribution >= 0.6 is 34.8 Å². The molecule has 7 rings (SSSR count). The van der Waals surface area contributed by atoms with Gasteiger partial charge in [0, 0.05) is 64.9 Å². The number of carboxylic acid groups (broad SMARTS) is 1. The number of aromatic carboxylic acids is 1. The normalized spacial score (nSPS) is 17.8. The molecule has 11 heteroatoms. The molecule has 3 aromatic heterocycles. The van der Waals surface area contributed by atoms with Gasteiger partial charge in [0.1, 0.15) is 11.5 Å². The van der Waals surface area contributed by atoms with E-state index in [0.717, 1.165) is 74.0 Å². The molecule has 4 heterocycles. The molecule has 1 N–H and O–H groups in total. The molecule has 1 spiro atoms. The molecule has 2 saturated carbocycles. The Labute approximate surface area is 270 Å². The van der Waals surface area contributed by atoms with Crippen LogP contribution in [0.15, 0.2) is 47.3 Å². The number of hydrogen-bond acceptors (Lipinski definition) is 7. The summed E-state index contributed by atoms with van der Waals surface area (Å²) in [6.45, 7) is 2.37. The van der Waals surface area contributed by atoms with Gasteiger partial charge < -0.3 is 19.3 Å². The Morgan fingerprint density at radius 1 is 1.14 bits per heavy atom. The van der Waals surface area contributed by atoms with Crippen LogP contribution in [0.4, 0.5) is 5.69 Å². The first-order valence-electron chi connectivity index (χ1n) is 14.9. The zero-order chi connectivity index (χ0) is 30.4. The van der Waals surface area contributed by atoms with E-state index >= 15 is 0 Å². The van der Waals surface area contributed by atoms with Gasteiger partial charge >= 0.3 is 5.97 Å². The van der Waals surface area contributed by atoms with Crippen LogP contribution in [0.2, 0.25) is 10.0 Å². The number of carbonyl (C=O) groups is 1. The zero-order valence-corrected chi connectivity index (χ0v) is 26.2. The molecule has 3 fully saturated rings. The molecule has 0 radical (unpaired) electrons. The Morgan fingerprint density at radius 3 is 2.61 bits per heavy atom. The van der Waals surface area contributed by atoms with E-state index in [0.29, 0.717) is 62.3 Å². The van der Waals surface area contributed by atoms with E-state index in [1.807, 2.05) is 12.1 Å². The summed E-state index contributed by atoms with van der Waals surface area (Å²) in [6, 6.07) is 7.77. The van der Waals surface area contributed by atoms with Crippen molar-refractivity contribution in [2.75, 3.05) is 30.5 Å². The molecule has 3 aliphatic rings. The fourth-order valence-corrected chi connectivity index (χ4v) is 7.27. The van der Waals surface area contributed by atoms with Crippen molar-refractivity contribution in [1.82, 2.24) is 15.1 Å². The van der Waals surface area contributed by atoms with Gasteiger partial charge in [0.25, 0.3) is 0 Å². The van der Waals surface area contributed by atoms with Crippen molar-refractivity contribution in [2.45, 2.75) is 44.4 Å². The number of allylic oxidation sites excluding steroid dienone is 1. The molecular formula is C33H31Cl3N4O4. The van der Waals surface area contributed by atoms with Gasteiger partial charge in [0.15, 0.2) is 11.4 Å². The molecule has 0 unspecified atom stereocenters. The molecule has 8 nitrogen and oxygen atoms in total. The average Bonchev–Trinajstić information content (AvgIpc) is 3.73. The van der Waals surface area contributed by atoms with Crippen LogP contribution in [0.25, 0.3) is 28.2 Å². The topological polar surface area (TPSA) is 102 Å². The smallest absolute Gasteiger partial charge is 0.358 e. The summed E-state index contributed by atoms with van der Waals surface area (Å²) >= 11 is 18.7. The Hall–Kier alpha value is -3.33. The van der Waals surface area contributed by atoms with Crippen molar-refractivity contribution in [1.29, 1.82) is 0 Å². The summed E-state index contributed by atoms with van der Waals surface area (Å²) in [6.07, 6.45) is 13.6. The van der Waals surface area contributed by atoms with E-state index in [-0.39, 0.29) is 5.69 Å². The summed E-state index contributed by atoms with van der Waals surface area (Å²) in [5.74, 6) is 1.52. The van der Waals surface area contributed by atoms with Crippen LogP contribution in [0.5, 0.6) is 5.75 Å². The number of rotatable bonds is 11. The number of benzene rings is 1. The van der Waals surface area contributed by atoms with Crippen molar-refractivity contribution in [2.24, 2.45) is 11.3 Å². The summed E-state index contributed by atoms with van der Waals surface area (Å²) in [7, 11) is 0. The number of fused-ring (bicyclic) bond motifs is 1. The van der Waals surface area contributed by atoms with Gasteiger partial charge in [-0.15, -0.1) is 11.6 Å². The van der Waals surface area contributed by atoms with Crippen molar-refractivity contribution in [3.63, 3.8) is 0 Å². The van der Waals surface area contributed by atoms with E-state index in [1.165, 1.54) is 0 Å². The van der Waals surface area contributed by atoms with Gasteiger partial charge in [-0.1, -0.05) is 40.5 Å². The highest BCUT2D eigenvalue weighted by Gasteiger charge is 2.51. The maximum Gasteiger partial charge on any atom is 0.358 e. The first-order chi connectivity index (χ1) is 21.3. The van der Waals surface area contributed by atoms with E-state index in [9.17, 15) is 9.90 Å². The van der Waals surface area contributed by atoms with E-state index in [2.05, 4.69) is 38.2 Å². The number of ether oxygens (including phenoxy) is 1. The largest absolute Gasteiger partial charge is 0.491 e. The van der Waals surface area contributed by atoms with E-state index < -0.39 is 5.97 Å². The second kappa shape index (κ2) is 11.9. The van der Waals surface area contributed by atoms with Gasteiger partial charge in [-0.05, 0) is 68.7 Å². The van der Waals surface area contributed by atoms with Crippen LogP contribution < -0.4 is 9.64 Å². The molecule has 228 valence electrons. The number of nitrogens with zero attached hydrogens (tertiary/aromatic N) is 4. The SMILES string of the molecule is O=C(O)c1nc2ccc(N3CC4(CC(/C=C/c5c(-c6c(Cl)cncc6Cl)noc5C5CC5)C4)C3)cc2cc1OCCCCCl. The van der Waals surface area contributed by atoms with Gasteiger partial charge in [-0.2, -0.15) is 0 Å². The lowest BCUT2D eigenvalue weighted by Gasteiger charge is -2.59. The number of aromatic nitrogens is 3. The predicted octanol–water partition coefficient (Wildman–Crippen LogP) is 8.49. The summed E-state index contributed by atoms with van der Waals surface area (Å²) in [4.78, 5) is 22.6. The zero-order valence-electron chi connectivity index (χ0n) is 23.9. The van der Waals surface area contributed by atoms with Crippen LogP contribution in [0.3, 0.4) is 0 Å². The Morgan fingerprint density at radius 2 is 1.91 bits per heavy atom. The monoisotopic (exact) mass is 652 g/mol. The number of alkyl halides is 1. The molecule has 1 saturated heterocycles. The molecule has 0 amide bonds. The Bertz CT molecular complexity index is 1740. The van der Waals surface area contributed by atoms with Crippen molar-refractivity contribution in [3.8, 4) is 17.0 Å². The minimum absolute atomic E-state index is 0.0675. The summed E-state index contributed by atoms with van der Waals surface area (Å²) < 4.78 is 11.6. The summed E-state index contributed by atoms with van der Waals surface area (Å²) in [5, 5.41) is 15.8. The standard InChI is InChI=1S/C33H31Cl3N4O4/c34-9-1-2-10-43-27-12-21-11-22(6-8-26(21)38-30(27)32(41)42)40-17-33(18-40)13-19(14-33)3-7-23-29(39-44-31(23)20-4-5-20)28-24(35)15-37-16-25(28)36/h3,6-8,11-12,15-16,19-20H,1-2,4-5,9-10,13-14,17-18H2,(H,41,42)/b7-3+. The minimum Gasteiger partial charge on any atom is -0.491 e. The maximum atomic E-state index is 11.8. The first kappa shape index (κ1) is 29.4. The summed E-state index contributed by atoms with van der Waals surface area (Å²) in [5.41, 5.74) is 4.29. The number of halogens is 3. The van der Waals surface area contributed by atoms with Gasteiger partial charge in [-0.25, -0.2) is 9.78 Å². The second-order valence-electron chi connectivity index (χ2n) is 12.2. The van der Waals surface area contributed by atoms with Crippen LogP contribution in [-0.2, 0) is 0 Å². The van der Waals surface area contributed by atoms with Crippen molar-refractivity contribution < 1.29 is 19.2 Å². The first-order valence-corrected chi connectivity index (χ1v) is 16.2. The van der Waals surface area contributed by atoms with Gasteiger partial charge in [0.05, 0.1) is 22.2 Å². The molecule has 0 bridgehead atoms. The average molecular weight is 654 g/mol. The van der Waals surface area contributed by atoms with E-state index in [4.69, 9.17) is 44.1 Å². The molecule has 44 heavy (non-hydrogen) atoms. The van der Waals surface area contributed by atoms with E-state index in [1.54, 1.807) is 18.5 Å². The lowest BCUT2D eigenvalue weighted by molar-refractivity contribution is 0.0486. The lowest BCUT2D eigenvalue weighted by atomic mass is 9.57. The third-order valence-electron chi connectivity index (χ3n) is 8.89.